The zero-order valence-corrected chi connectivity index (χ0v) is 37.9. The predicted molar refractivity (Wildman–Crippen MR) is 229 cm³/mol. The third-order valence-electron chi connectivity index (χ3n) is 12.2. The van der Waals surface area contributed by atoms with E-state index in [1.807, 2.05) is 56.9 Å². The number of carbonyl (C=O) groups excluding carboxylic acids is 5. The van der Waals surface area contributed by atoms with Crippen LogP contribution in [0, 0.1) is 24.2 Å². The second kappa shape index (κ2) is 20.5. The number of amides is 2. The average molecular weight is 836 g/mol. The number of ether oxygens (including phenoxy) is 4. The minimum absolute atomic E-state index is 0.0850. The number of hydrogen-bond acceptors (Lipinski definition) is 11. The number of nitrogens with one attached hydrogen (secondary N) is 1. The number of allylic oxidation sites excluding steroid dienone is 2. The van der Waals surface area contributed by atoms with Gasteiger partial charge in [0.1, 0.15) is 24.4 Å². The molecule has 2 saturated heterocycles. The molecule has 0 radical (unpaired) electrons. The number of aliphatic hydroxyl groups excluding tert-OH is 1. The van der Waals surface area contributed by atoms with Gasteiger partial charge in [0.25, 0.3) is 0 Å². The van der Waals surface area contributed by atoms with Gasteiger partial charge in [-0.25, -0.2) is 0 Å². The maximum absolute atomic E-state index is 13.6. The minimum atomic E-state index is -1.06. The van der Waals surface area contributed by atoms with Crippen molar-refractivity contribution in [2.24, 2.45) is 17.3 Å². The van der Waals surface area contributed by atoms with Crippen molar-refractivity contribution in [2.75, 3.05) is 39.3 Å². The smallest absolute Gasteiger partial charge is 0.303 e. The van der Waals surface area contributed by atoms with Gasteiger partial charge in [-0.15, -0.1) is 0 Å². The van der Waals surface area contributed by atoms with Crippen LogP contribution in [0.3, 0.4) is 0 Å². The van der Waals surface area contributed by atoms with Crippen LogP contribution in [-0.4, -0.2) is 120 Å². The summed E-state index contributed by atoms with van der Waals surface area (Å²) in [6, 6.07) is 6.15. The van der Waals surface area contributed by atoms with Crippen molar-refractivity contribution in [1.29, 1.82) is 0 Å². The average Bonchev–Trinajstić information content (AvgIpc) is 3.18. The lowest BCUT2D eigenvalue weighted by Gasteiger charge is -2.44. The second-order valence-corrected chi connectivity index (χ2v) is 17.8. The van der Waals surface area contributed by atoms with E-state index in [1.54, 1.807) is 13.8 Å². The zero-order chi connectivity index (χ0) is 44.7. The fourth-order valence-corrected chi connectivity index (χ4v) is 8.45. The van der Waals surface area contributed by atoms with E-state index in [0.29, 0.717) is 25.1 Å². The van der Waals surface area contributed by atoms with Crippen LogP contribution in [-0.2, 0) is 49.3 Å². The largest absolute Gasteiger partial charge is 0.463 e. The number of nitrogens with zero attached hydrogens (tertiary/aromatic N) is 2. The maximum atomic E-state index is 13.6. The summed E-state index contributed by atoms with van der Waals surface area (Å²) in [6.45, 7) is 25.2. The SMILES string of the molecule is CCC(C)C1=C(Cc2ccc(C=CC(C)(C)C(=O)NC(C)(C)C(=O)N3CCN(CC)CC3)cc2C)C=C(C2OC(COC(C)=O)CC(OC(C)=O)C2OC(C)=O)C(O)C1C. The molecule has 0 saturated carbocycles. The molecular formula is C47H69N3O10. The molecule has 1 aromatic carbocycles. The standard InChI is InChI=1S/C47H69N3O10/c1-13-28(3)40-30(5)41(54)38(42-43(59-33(8)53)39(58-32(7)52)26-37(60-42)27-57-31(6)51)25-36(40)24-35-16-15-34(23-29(35)4)17-18-46(9,10)44(55)48-47(11,12)45(56)50-21-19-49(14-2)20-22-50/h15-18,23,25,28,30,37,39,41-43,54H,13-14,19-22,24,26-27H2,1-12H3,(H,48,55). The third-order valence-corrected chi connectivity index (χ3v) is 12.2. The van der Waals surface area contributed by atoms with Crippen LogP contribution in [0.2, 0.25) is 0 Å². The maximum Gasteiger partial charge on any atom is 0.303 e. The summed E-state index contributed by atoms with van der Waals surface area (Å²) in [5, 5.41) is 15.0. The summed E-state index contributed by atoms with van der Waals surface area (Å²) in [4.78, 5) is 67.6. The molecule has 13 heteroatoms. The Morgan fingerprint density at radius 3 is 2.20 bits per heavy atom. The van der Waals surface area contributed by atoms with E-state index in [1.165, 1.54) is 20.8 Å². The Morgan fingerprint density at radius 1 is 0.983 bits per heavy atom. The zero-order valence-electron chi connectivity index (χ0n) is 37.9. The second-order valence-electron chi connectivity index (χ2n) is 17.8. The molecule has 3 aliphatic rings. The normalized spacial score (nSPS) is 24.8. The van der Waals surface area contributed by atoms with Crippen molar-refractivity contribution in [3.05, 3.63) is 63.8 Å². The van der Waals surface area contributed by atoms with Gasteiger partial charge >= 0.3 is 17.9 Å². The lowest BCUT2D eigenvalue weighted by molar-refractivity contribution is -0.207. The van der Waals surface area contributed by atoms with E-state index in [-0.39, 0.29) is 36.7 Å². The molecule has 0 spiro atoms. The first-order valence-corrected chi connectivity index (χ1v) is 21.5. The number of carbonyl (C=O) groups is 5. The molecule has 60 heavy (non-hydrogen) atoms. The quantitative estimate of drug-likeness (QED) is 0.170. The minimum Gasteiger partial charge on any atom is -0.463 e. The molecule has 2 heterocycles. The van der Waals surface area contributed by atoms with Crippen LogP contribution in [0.15, 0.2) is 47.1 Å². The van der Waals surface area contributed by atoms with E-state index in [0.717, 1.165) is 53.9 Å². The molecular weight excluding hydrogens is 767 g/mol. The van der Waals surface area contributed by atoms with Crippen molar-refractivity contribution in [3.8, 4) is 0 Å². The Labute approximate surface area is 356 Å². The highest BCUT2D eigenvalue weighted by Gasteiger charge is 2.48. The number of esters is 3. The molecule has 7 unspecified atom stereocenters. The summed E-state index contributed by atoms with van der Waals surface area (Å²) in [7, 11) is 0. The Kier molecular flexibility index (Phi) is 16.5. The Bertz CT molecular complexity index is 1840. The molecule has 1 aliphatic carbocycles. The first kappa shape index (κ1) is 48.3. The highest BCUT2D eigenvalue weighted by molar-refractivity contribution is 5.93. The molecule has 2 fully saturated rings. The molecule has 0 aromatic heterocycles. The fraction of sp³-hybridized carbons (Fsp3) is 0.638. The summed E-state index contributed by atoms with van der Waals surface area (Å²) >= 11 is 0. The fourth-order valence-electron chi connectivity index (χ4n) is 8.45. The number of hydrogen-bond donors (Lipinski definition) is 2. The molecule has 2 N–H and O–H groups in total. The predicted octanol–water partition coefficient (Wildman–Crippen LogP) is 5.50. The van der Waals surface area contributed by atoms with Crippen LogP contribution in [0.25, 0.3) is 6.08 Å². The molecule has 2 amide bonds. The topological polar surface area (TPSA) is 161 Å². The number of aliphatic hydroxyl groups is 1. The van der Waals surface area contributed by atoms with Gasteiger partial charge in [-0.05, 0) is 87.8 Å². The first-order valence-electron chi connectivity index (χ1n) is 21.5. The monoisotopic (exact) mass is 835 g/mol. The van der Waals surface area contributed by atoms with Gasteiger partial charge in [-0.1, -0.05) is 69.7 Å². The van der Waals surface area contributed by atoms with Crippen molar-refractivity contribution >= 4 is 35.8 Å². The Hall–Kier alpha value is -4.33. The van der Waals surface area contributed by atoms with Crippen LogP contribution in [0.4, 0.5) is 0 Å². The number of rotatable bonds is 15. The van der Waals surface area contributed by atoms with Crippen molar-refractivity contribution in [3.63, 3.8) is 0 Å². The summed E-state index contributed by atoms with van der Waals surface area (Å²) in [5.74, 6) is -2.16. The number of aryl methyl sites for hydroxylation is 1. The molecule has 332 valence electrons. The van der Waals surface area contributed by atoms with Gasteiger partial charge in [0.05, 0.1) is 17.6 Å². The van der Waals surface area contributed by atoms with Crippen molar-refractivity contribution in [2.45, 2.75) is 138 Å². The van der Waals surface area contributed by atoms with E-state index >= 15 is 0 Å². The highest BCUT2D eigenvalue weighted by Crippen LogP contribution is 2.42. The van der Waals surface area contributed by atoms with Gasteiger partial charge < -0.3 is 39.2 Å². The number of benzene rings is 1. The van der Waals surface area contributed by atoms with E-state index in [4.69, 9.17) is 18.9 Å². The number of piperazine rings is 1. The molecule has 13 nitrogen and oxygen atoms in total. The first-order chi connectivity index (χ1) is 28.1. The molecule has 0 bridgehead atoms. The Balaban J connectivity index is 1.61. The van der Waals surface area contributed by atoms with Crippen molar-refractivity contribution < 1.29 is 48.0 Å². The van der Waals surface area contributed by atoms with Crippen LogP contribution >= 0.6 is 0 Å². The molecule has 4 rings (SSSR count). The van der Waals surface area contributed by atoms with Gasteiger partial charge in [-0.3, -0.25) is 24.0 Å². The van der Waals surface area contributed by atoms with Crippen LogP contribution in [0.5, 0.6) is 0 Å². The van der Waals surface area contributed by atoms with E-state index < -0.39 is 59.4 Å². The van der Waals surface area contributed by atoms with Gasteiger partial charge in [0.2, 0.25) is 11.8 Å². The lowest BCUT2D eigenvalue weighted by Crippen LogP contribution is -2.61. The van der Waals surface area contributed by atoms with Crippen LogP contribution in [0.1, 0.15) is 106 Å². The summed E-state index contributed by atoms with van der Waals surface area (Å²) < 4.78 is 23.2. The summed E-state index contributed by atoms with van der Waals surface area (Å²) in [5.41, 5.74) is 3.65. The van der Waals surface area contributed by atoms with E-state index in [2.05, 4.69) is 43.1 Å². The Morgan fingerprint density at radius 2 is 1.63 bits per heavy atom. The van der Waals surface area contributed by atoms with Gasteiger partial charge in [0.15, 0.2) is 6.10 Å². The lowest BCUT2D eigenvalue weighted by atomic mass is 9.72. The molecule has 1 aromatic rings. The summed E-state index contributed by atoms with van der Waals surface area (Å²) in [6.07, 6.45) is 2.60. The van der Waals surface area contributed by atoms with E-state index in [9.17, 15) is 29.1 Å². The van der Waals surface area contributed by atoms with Crippen LogP contribution < -0.4 is 5.32 Å². The highest BCUT2D eigenvalue weighted by atomic mass is 16.6. The molecule has 2 aliphatic heterocycles. The van der Waals surface area contributed by atoms with Crippen molar-refractivity contribution in [1.82, 2.24) is 15.1 Å². The molecule has 7 atom stereocenters. The third kappa shape index (κ3) is 12.2. The van der Waals surface area contributed by atoms with Gasteiger partial charge in [-0.2, -0.15) is 0 Å². The van der Waals surface area contributed by atoms with Gasteiger partial charge in [0, 0.05) is 59.3 Å². The number of likely N-dealkylation sites (N-methyl/N-ethyl adjacent to an activating group) is 1.